The van der Waals surface area contributed by atoms with Crippen molar-refractivity contribution >= 4 is 28.3 Å². The molecular weight excluding hydrogens is 398 g/mol. The summed E-state index contributed by atoms with van der Waals surface area (Å²) in [6.07, 6.45) is 2.18. The van der Waals surface area contributed by atoms with E-state index in [2.05, 4.69) is 19.2 Å². The number of nitrogens with zero attached hydrogens (tertiary/aromatic N) is 2. The molecule has 28 heavy (non-hydrogen) atoms. The lowest BCUT2D eigenvalue weighted by Crippen LogP contribution is -2.45. The van der Waals surface area contributed by atoms with Crippen LogP contribution in [0.4, 0.5) is 0 Å². The largest absolute Gasteiger partial charge is 0.341 e. The van der Waals surface area contributed by atoms with Gasteiger partial charge in [0, 0.05) is 38.6 Å². The highest BCUT2D eigenvalue weighted by molar-refractivity contribution is 7.89. The molecule has 0 aromatic heterocycles. The SMILES string of the molecule is CC(C)c1ccc(S(=O)(=O)N2CCC(C(=O)N3CCCNCC3)CC2)cc1.Cl. The molecule has 2 aliphatic heterocycles. The third kappa shape index (κ3) is 5.26. The Hall–Kier alpha value is -1.15. The smallest absolute Gasteiger partial charge is 0.243 e. The van der Waals surface area contributed by atoms with Crippen molar-refractivity contribution in [2.24, 2.45) is 5.92 Å². The Balaban J connectivity index is 0.00000280. The monoisotopic (exact) mass is 429 g/mol. The van der Waals surface area contributed by atoms with Crippen LogP contribution >= 0.6 is 12.4 Å². The molecule has 0 bridgehead atoms. The summed E-state index contributed by atoms with van der Waals surface area (Å²) in [4.78, 5) is 15.1. The van der Waals surface area contributed by atoms with Crippen molar-refractivity contribution in [3.63, 3.8) is 0 Å². The van der Waals surface area contributed by atoms with E-state index in [1.54, 1.807) is 12.1 Å². The number of amides is 1. The van der Waals surface area contributed by atoms with Gasteiger partial charge in [0.1, 0.15) is 0 Å². The number of carbonyl (C=O) groups is 1. The fraction of sp³-hybridized carbons (Fsp3) is 0.650. The van der Waals surface area contributed by atoms with Crippen molar-refractivity contribution in [2.45, 2.75) is 43.9 Å². The van der Waals surface area contributed by atoms with Gasteiger partial charge in [-0.15, -0.1) is 12.4 Å². The molecule has 3 rings (SSSR count). The minimum Gasteiger partial charge on any atom is -0.341 e. The standard InChI is InChI=1S/C20H31N3O3S.ClH/c1-16(2)17-4-6-19(7-5-17)27(25,26)23-13-8-18(9-14-23)20(24)22-12-3-10-21-11-15-22;/h4-7,16,18,21H,3,8-15H2,1-2H3;1H. The van der Waals surface area contributed by atoms with Crippen molar-refractivity contribution in [1.29, 1.82) is 0 Å². The molecule has 0 saturated carbocycles. The van der Waals surface area contributed by atoms with Gasteiger partial charge in [-0.1, -0.05) is 26.0 Å². The Kier molecular flexibility index (Phi) is 8.30. The molecular formula is C20H32ClN3O3S. The first-order chi connectivity index (χ1) is 12.9. The molecule has 1 amide bonds. The summed E-state index contributed by atoms with van der Waals surface area (Å²) < 4.78 is 27.4. The Morgan fingerprint density at radius 3 is 2.29 bits per heavy atom. The number of hydrogen-bond donors (Lipinski definition) is 1. The average molecular weight is 430 g/mol. The topological polar surface area (TPSA) is 69.7 Å². The van der Waals surface area contributed by atoms with Crippen LogP contribution in [0.3, 0.4) is 0 Å². The van der Waals surface area contributed by atoms with Crippen LogP contribution in [0.2, 0.25) is 0 Å². The molecule has 0 spiro atoms. The summed E-state index contributed by atoms with van der Waals surface area (Å²) in [5.41, 5.74) is 1.13. The minimum atomic E-state index is -3.49. The summed E-state index contributed by atoms with van der Waals surface area (Å²) in [6, 6.07) is 7.18. The summed E-state index contributed by atoms with van der Waals surface area (Å²) in [7, 11) is -3.49. The number of halogens is 1. The third-order valence-electron chi connectivity index (χ3n) is 5.64. The van der Waals surface area contributed by atoms with Gasteiger partial charge in [0.25, 0.3) is 0 Å². The number of benzene rings is 1. The van der Waals surface area contributed by atoms with Crippen LogP contribution in [-0.4, -0.2) is 62.8 Å². The van der Waals surface area contributed by atoms with Gasteiger partial charge in [0.2, 0.25) is 15.9 Å². The van der Waals surface area contributed by atoms with E-state index in [0.29, 0.717) is 36.7 Å². The molecule has 0 radical (unpaired) electrons. The van der Waals surface area contributed by atoms with Crippen molar-refractivity contribution < 1.29 is 13.2 Å². The van der Waals surface area contributed by atoms with Gasteiger partial charge in [-0.25, -0.2) is 8.42 Å². The number of carbonyl (C=O) groups excluding carboxylic acids is 1. The fourth-order valence-corrected chi connectivity index (χ4v) is 5.31. The summed E-state index contributed by atoms with van der Waals surface area (Å²) in [6.45, 7) is 8.35. The molecule has 158 valence electrons. The molecule has 1 aromatic carbocycles. The zero-order valence-corrected chi connectivity index (χ0v) is 18.4. The first-order valence-electron chi connectivity index (χ1n) is 9.99. The molecule has 0 atom stereocenters. The Bertz CT molecular complexity index is 736. The fourth-order valence-electron chi connectivity index (χ4n) is 3.84. The van der Waals surface area contributed by atoms with Gasteiger partial charge >= 0.3 is 0 Å². The number of piperidine rings is 1. The first-order valence-corrected chi connectivity index (χ1v) is 11.4. The average Bonchev–Trinajstić information content (AvgIpc) is 2.97. The Labute approximate surface area is 175 Å². The van der Waals surface area contributed by atoms with Crippen LogP contribution in [0.15, 0.2) is 29.2 Å². The van der Waals surface area contributed by atoms with Gasteiger partial charge in [-0.2, -0.15) is 4.31 Å². The van der Waals surface area contributed by atoms with E-state index in [-0.39, 0.29) is 24.2 Å². The van der Waals surface area contributed by atoms with Crippen molar-refractivity contribution in [1.82, 2.24) is 14.5 Å². The maximum absolute atomic E-state index is 12.9. The van der Waals surface area contributed by atoms with Gasteiger partial charge in [0.05, 0.1) is 4.90 Å². The van der Waals surface area contributed by atoms with Gasteiger partial charge < -0.3 is 10.2 Å². The second-order valence-corrected chi connectivity index (χ2v) is 9.77. The van der Waals surface area contributed by atoms with Gasteiger partial charge in [-0.3, -0.25) is 4.79 Å². The molecule has 0 unspecified atom stereocenters. The second kappa shape index (κ2) is 10.1. The van der Waals surface area contributed by atoms with E-state index in [0.717, 1.165) is 38.2 Å². The lowest BCUT2D eigenvalue weighted by molar-refractivity contribution is -0.136. The highest BCUT2D eigenvalue weighted by Crippen LogP contribution is 2.26. The molecule has 2 aliphatic rings. The number of nitrogens with one attached hydrogen (secondary N) is 1. The summed E-state index contributed by atoms with van der Waals surface area (Å²) >= 11 is 0. The van der Waals surface area contributed by atoms with Crippen LogP contribution < -0.4 is 5.32 Å². The van der Waals surface area contributed by atoms with E-state index in [1.807, 2.05) is 17.0 Å². The lowest BCUT2D eigenvalue weighted by Gasteiger charge is -2.33. The summed E-state index contributed by atoms with van der Waals surface area (Å²) in [5.74, 6) is 0.507. The van der Waals surface area contributed by atoms with Crippen LogP contribution in [0.1, 0.15) is 44.6 Å². The molecule has 1 aromatic rings. The van der Waals surface area contributed by atoms with E-state index >= 15 is 0 Å². The van der Waals surface area contributed by atoms with E-state index < -0.39 is 10.0 Å². The van der Waals surface area contributed by atoms with Gasteiger partial charge in [-0.05, 0) is 49.4 Å². The zero-order valence-electron chi connectivity index (χ0n) is 16.8. The number of sulfonamides is 1. The highest BCUT2D eigenvalue weighted by atomic mass is 35.5. The third-order valence-corrected chi connectivity index (χ3v) is 7.55. The molecule has 1 N–H and O–H groups in total. The number of hydrogen-bond acceptors (Lipinski definition) is 4. The lowest BCUT2D eigenvalue weighted by atomic mass is 9.96. The predicted molar refractivity (Wildman–Crippen MR) is 113 cm³/mol. The quantitative estimate of drug-likeness (QED) is 0.798. The summed E-state index contributed by atoms with van der Waals surface area (Å²) in [5, 5.41) is 3.31. The molecule has 2 fully saturated rings. The number of rotatable bonds is 4. The first kappa shape index (κ1) is 23.1. The van der Waals surface area contributed by atoms with Gasteiger partial charge in [0.15, 0.2) is 0 Å². The Morgan fingerprint density at radius 1 is 1.04 bits per heavy atom. The van der Waals surface area contributed by atoms with Crippen LogP contribution in [-0.2, 0) is 14.8 Å². The van der Waals surface area contributed by atoms with E-state index in [4.69, 9.17) is 0 Å². The van der Waals surface area contributed by atoms with E-state index in [9.17, 15) is 13.2 Å². The molecule has 2 heterocycles. The van der Waals surface area contributed by atoms with Crippen molar-refractivity contribution in [3.05, 3.63) is 29.8 Å². The maximum atomic E-state index is 12.9. The highest BCUT2D eigenvalue weighted by Gasteiger charge is 2.33. The Morgan fingerprint density at radius 2 is 1.68 bits per heavy atom. The molecule has 8 heteroatoms. The normalized spacial score (nSPS) is 19.9. The van der Waals surface area contributed by atoms with Crippen molar-refractivity contribution in [3.8, 4) is 0 Å². The van der Waals surface area contributed by atoms with Crippen LogP contribution in [0.5, 0.6) is 0 Å². The molecule has 0 aliphatic carbocycles. The second-order valence-electron chi connectivity index (χ2n) is 7.83. The van der Waals surface area contributed by atoms with Crippen LogP contribution in [0, 0.1) is 5.92 Å². The van der Waals surface area contributed by atoms with E-state index in [1.165, 1.54) is 4.31 Å². The molecule has 6 nitrogen and oxygen atoms in total. The molecule has 2 saturated heterocycles. The predicted octanol–water partition coefficient (Wildman–Crippen LogP) is 2.45. The minimum absolute atomic E-state index is 0. The van der Waals surface area contributed by atoms with Crippen LogP contribution in [0.25, 0.3) is 0 Å². The zero-order chi connectivity index (χ0) is 19.4. The van der Waals surface area contributed by atoms with Crippen molar-refractivity contribution in [2.75, 3.05) is 39.3 Å². The maximum Gasteiger partial charge on any atom is 0.243 e.